The maximum absolute atomic E-state index is 14.9. The molecule has 4 heterocycles. The fourth-order valence-corrected chi connectivity index (χ4v) is 10.2. The first-order chi connectivity index (χ1) is 27.5. The number of urea groups is 1. The highest BCUT2D eigenvalue weighted by Crippen LogP contribution is 2.46. The molecule has 3 N–H and O–H groups in total. The van der Waals surface area contributed by atoms with E-state index in [2.05, 4.69) is 21.9 Å². The van der Waals surface area contributed by atoms with E-state index < -0.39 is 62.6 Å². The SMILES string of the molecule is C=C[C@@H]1C[C@]1(NC(=O)[C@@H]1C[C@@H]2CN1C(=O)[C@H](C1CCCC1)NC(=O)N1CC[C@@H](C1)OCCCC=Cc1cc3ccc(OC)cc3nc1O2)C(=O)NS(=O)(=O)C1CC1. The third-order valence-electron chi connectivity index (χ3n) is 12.4. The number of hydrogen-bond donors (Lipinski definition) is 3. The van der Waals surface area contributed by atoms with Gasteiger partial charge in [-0.05, 0) is 75.5 Å². The van der Waals surface area contributed by atoms with E-state index in [9.17, 15) is 27.6 Å². The van der Waals surface area contributed by atoms with Gasteiger partial charge in [0.05, 0.1) is 30.5 Å². The second kappa shape index (κ2) is 15.9. The maximum atomic E-state index is 14.9. The van der Waals surface area contributed by atoms with Gasteiger partial charge < -0.3 is 34.6 Å². The molecule has 4 bridgehead atoms. The highest BCUT2D eigenvalue weighted by atomic mass is 32.2. The Labute approximate surface area is 333 Å². The number of carbonyl (C=O) groups is 4. The molecule has 2 aromatic rings. The molecule has 15 nitrogen and oxygen atoms in total. The Morgan fingerprint density at radius 1 is 1.07 bits per heavy atom. The van der Waals surface area contributed by atoms with Gasteiger partial charge in [-0.25, -0.2) is 18.2 Å². The number of fused-ring (bicyclic) bond motifs is 6. The molecule has 5 amide bonds. The topological polar surface area (TPSA) is 186 Å². The normalized spacial score (nSPS) is 29.7. The van der Waals surface area contributed by atoms with Crippen molar-refractivity contribution in [2.45, 2.75) is 106 Å². The van der Waals surface area contributed by atoms with E-state index in [0.29, 0.717) is 56.1 Å². The molecule has 0 spiro atoms. The molecule has 0 radical (unpaired) electrons. The summed E-state index contributed by atoms with van der Waals surface area (Å²) >= 11 is 0. The molecule has 57 heavy (non-hydrogen) atoms. The van der Waals surface area contributed by atoms with E-state index in [1.807, 2.05) is 36.4 Å². The van der Waals surface area contributed by atoms with Crippen molar-refractivity contribution in [1.82, 2.24) is 30.1 Å². The number of sulfonamides is 1. The lowest BCUT2D eigenvalue weighted by Gasteiger charge is -2.33. The summed E-state index contributed by atoms with van der Waals surface area (Å²) in [6.07, 6.45) is 11.4. The third-order valence-corrected chi connectivity index (χ3v) is 14.2. The van der Waals surface area contributed by atoms with Crippen LogP contribution in [0, 0.1) is 11.8 Å². The lowest BCUT2D eigenvalue weighted by atomic mass is 9.96. The van der Waals surface area contributed by atoms with Gasteiger partial charge in [-0.3, -0.25) is 19.1 Å². The van der Waals surface area contributed by atoms with Crippen LogP contribution < -0.4 is 24.8 Å². The minimum absolute atomic E-state index is 0.0107. The van der Waals surface area contributed by atoms with Crippen LogP contribution in [-0.4, -0.2) is 115 Å². The van der Waals surface area contributed by atoms with Crippen molar-refractivity contribution < 1.29 is 41.8 Å². The Morgan fingerprint density at radius 3 is 2.61 bits per heavy atom. The van der Waals surface area contributed by atoms with Crippen molar-refractivity contribution >= 4 is 50.8 Å². The molecule has 3 aliphatic carbocycles. The Kier molecular flexibility index (Phi) is 10.9. The first-order valence-corrected chi connectivity index (χ1v) is 21.8. The standard InChI is InChI=1S/C41H52N6O9S/c1-3-28-22-41(28,39(50)45-57(52,53)32-14-15-32)44-36(48)34-21-31-24-47(34)38(49)35(25-9-6-7-10-25)43-40(51)46-17-16-30(23-46)55-18-8-4-5-11-27-19-26-12-13-29(54-2)20-33(26)42-37(27)56-31/h3,5,11-13,19-20,25,28,30-32,34-35H,1,4,6-10,14-18,21-24H2,2H3,(H,43,51)(H,44,48)(H,45,50)/t28-,30+,31-,34+,35+,41-/m1/s1. The van der Waals surface area contributed by atoms with Crippen LogP contribution in [0.5, 0.6) is 11.6 Å². The maximum Gasteiger partial charge on any atom is 0.318 e. The van der Waals surface area contributed by atoms with Gasteiger partial charge in [-0.15, -0.1) is 6.58 Å². The number of pyridine rings is 1. The zero-order valence-corrected chi connectivity index (χ0v) is 33.1. The van der Waals surface area contributed by atoms with Crippen LogP contribution in [-0.2, 0) is 29.1 Å². The number of hydrogen-bond acceptors (Lipinski definition) is 10. The summed E-state index contributed by atoms with van der Waals surface area (Å²) in [5, 5.41) is 6.17. The number of ether oxygens (including phenoxy) is 3. The molecule has 6 aliphatic rings. The van der Waals surface area contributed by atoms with Gasteiger partial charge in [-0.1, -0.05) is 31.1 Å². The van der Waals surface area contributed by atoms with Crippen LogP contribution in [0.2, 0.25) is 0 Å². The molecule has 8 rings (SSSR count). The largest absolute Gasteiger partial charge is 0.497 e. The number of amides is 5. The first kappa shape index (κ1) is 39.1. The molecule has 6 atom stereocenters. The van der Waals surface area contributed by atoms with Crippen molar-refractivity contribution in [3.8, 4) is 11.6 Å². The minimum Gasteiger partial charge on any atom is -0.497 e. The van der Waals surface area contributed by atoms with Gasteiger partial charge in [0, 0.05) is 49.1 Å². The molecule has 0 unspecified atom stereocenters. The lowest BCUT2D eigenvalue weighted by Crippen LogP contribution is -2.59. The molecular formula is C41H52N6O9S. The highest BCUT2D eigenvalue weighted by molar-refractivity contribution is 7.91. The summed E-state index contributed by atoms with van der Waals surface area (Å²) in [5.41, 5.74) is -0.177. The predicted octanol–water partition coefficient (Wildman–Crippen LogP) is 3.43. The Bertz CT molecular complexity index is 2070. The van der Waals surface area contributed by atoms with E-state index in [-0.39, 0.29) is 37.4 Å². The Morgan fingerprint density at radius 2 is 1.88 bits per heavy atom. The second-order valence-corrected chi connectivity index (χ2v) is 18.3. The van der Waals surface area contributed by atoms with Crippen molar-refractivity contribution in [2.24, 2.45) is 11.8 Å². The Hall–Kier alpha value is -4.70. The van der Waals surface area contributed by atoms with Crippen molar-refractivity contribution in [3.63, 3.8) is 0 Å². The molecular weight excluding hydrogens is 753 g/mol. The molecule has 5 fully saturated rings. The Balaban J connectivity index is 1.14. The second-order valence-electron chi connectivity index (χ2n) is 16.3. The number of carbonyl (C=O) groups excluding carboxylic acids is 4. The zero-order chi connectivity index (χ0) is 39.9. The van der Waals surface area contributed by atoms with Gasteiger partial charge in [-0.2, -0.15) is 0 Å². The molecule has 306 valence electrons. The van der Waals surface area contributed by atoms with Gasteiger partial charge in [0.25, 0.3) is 5.91 Å². The number of rotatable bonds is 8. The van der Waals surface area contributed by atoms with E-state index in [1.54, 1.807) is 12.0 Å². The highest BCUT2D eigenvalue weighted by Gasteiger charge is 2.62. The quantitative estimate of drug-likeness (QED) is 0.334. The van der Waals surface area contributed by atoms with E-state index in [1.165, 1.54) is 11.0 Å². The van der Waals surface area contributed by atoms with Crippen LogP contribution in [0.4, 0.5) is 4.79 Å². The average molecular weight is 805 g/mol. The minimum atomic E-state index is -3.90. The van der Waals surface area contributed by atoms with Crippen LogP contribution in [0.1, 0.15) is 76.2 Å². The molecule has 1 aromatic carbocycles. The van der Waals surface area contributed by atoms with Gasteiger partial charge in [0.2, 0.25) is 27.7 Å². The van der Waals surface area contributed by atoms with Crippen molar-refractivity contribution in [1.29, 1.82) is 0 Å². The number of nitrogens with zero attached hydrogens (tertiary/aromatic N) is 3. The molecule has 1 aromatic heterocycles. The molecule has 3 aliphatic heterocycles. The summed E-state index contributed by atoms with van der Waals surface area (Å²) in [4.78, 5) is 64.9. The number of aromatic nitrogens is 1. The summed E-state index contributed by atoms with van der Waals surface area (Å²) in [6.45, 7) is 5.29. The van der Waals surface area contributed by atoms with Gasteiger partial charge in [0.15, 0.2) is 0 Å². The first-order valence-electron chi connectivity index (χ1n) is 20.3. The number of methoxy groups -OCH3 is 1. The van der Waals surface area contributed by atoms with E-state index in [4.69, 9.17) is 19.2 Å². The molecule has 16 heteroatoms. The fraction of sp³-hybridized carbons (Fsp3) is 0.585. The van der Waals surface area contributed by atoms with Crippen LogP contribution in [0.25, 0.3) is 17.0 Å². The summed E-state index contributed by atoms with van der Waals surface area (Å²) in [7, 11) is -2.32. The monoisotopic (exact) mass is 804 g/mol. The molecule has 3 saturated carbocycles. The van der Waals surface area contributed by atoms with E-state index in [0.717, 1.165) is 49.5 Å². The molecule has 2 saturated heterocycles. The van der Waals surface area contributed by atoms with E-state index >= 15 is 0 Å². The van der Waals surface area contributed by atoms with Crippen molar-refractivity contribution in [3.05, 3.63) is 48.6 Å². The fourth-order valence-electron chi connectivity index (χ4n) is 8.82. The van der Waals surface area contributed by atoms with Crippen molar-refractivity contribution in [2.75, 3.05) is 33.4 Å². The van der Waals surface area contributed by atoms with Gasteiger partial charge in [0.1, 0.15) is 29.5 Å². The van der Waals surface area contributed by atoms with Crippen LogP contribution >= 0.6 is 0 Å². The van der Waals surface area contributed by atoms with Crippen LogP contribution in [0.15, 0.2) is 43.0 Å². The van der Waals surface area contributed by atoms with Crippen LogP contribution in [0.3, 0.4) is 0 Å². The predicted molar refractivity (Wildman–Crippen MR) is 211 cm³/mol. The average Bonchev–Trinajstić information content (AvgIpc) is 3.97. The number of nitrogens with one attached hydrogen (secondary N) is 3. The summed E-state index contributed by atoms with van der Waals surface area (Å²) in [5.74, 6) is -1.54. The lowest BCUT2D eigenvalue weighted by molar-refractivity contribution is -0.142. The smallest absolute Gasteiger partial charge is 0.318 e. The third kappa shape index (κ3) is 8.20. The number of allylic oxidation sites excluding steroid dienone is 1. The van der Waals surface area contributed by atoms with Gasteiger partial charge >= 0.3 is 6.03 Å². The summed E-state index contributed by atoms with van der Waals surface area (Å²) < 4.78 is 46.1. The number of benzene rings is 1. The zero-order valence-electron chi connectivity index (χ0n) is 32.3. The summed E-state index contributed by atoms with van der Waals surface area (Å²) in [6, 6.07) is 5.23.